The Bertz CT molecular complexity index is 420. The molecule has 0 bridgehead atoms. The van der Waals surface area contributed by atoms with Crippen molar-refractivity contribution < 1.29 is 4.92 Å². The summed E-state index contributed by atoms with van der Waals surface area (Å²) in [7, 11) is 1.68. The Hall–Kier alpha value is -1.59. The number of nitrogens with one attached hydrogen (secondary N) is 1. The van der Waals surface area contributed by atoms with Gasteiger partial charge in [0.1, 0.15) is 6.20 Å². The molecule has 0 unspecified atom stereocenters. The van der Waals surface area contributed by atoms with Gasteiger partial charge in [-0.1, -0.05) is 0 Å². The van der Waals surface area contributed by atoms with Gasteiger partial charge in [-0.15, -0.1) is 5.10 Å². The van der Waals surface area contributed by atoms with Gasteiger partial charge in [0.25, 0.3) is 0 Å². The molecule has 0 saturated heterocycles. The fourth-order valence-corrected chi connectivity index (χ4v) is 1.91. The first kappa shape index (κ1) is 10.9. The highest BCUT2D eigenvalue weighted by molar-refractivity contribution is 5.56. The average Bonchev–Trinajstić information content (AvgIpc) is 2.91. The lowest BCUT2D eigenvalue weighted by molar-refractivity contribution is -0.384. The summed E-state index contributed by atoms with van der Waals surface area (Å²) in [6, 6.07) is 0. The molecule has 1 N–H and O–H groups in total. The maximum absolute atomic E-state index is 10.8. The summed E-state index contributed by atoms with van der Waals surface area (Å²) in [6.07, 6.45) is 3.78. The van der Waals surface area contributed by atoms with E-state index in [0.29, 0.717) is 11.7 Å². The Labute approximate surface area is 93.8 Å². The molecule has 6 heteroatoms. The summed E-state index contributed by atoms with van der Waals surface area (Å²) in [6.45, 7) is 4.12. The molecular formula is C10H16N4O2. The third-order valence-electron chi connectivity index (χ3n) is 3.04. The number of aryl methyl sites for hydroxylation is 1. The monoisotopic (exact) mass is 224 g/mol. The van der Waals surface area contributed by atoms with Crippen molar-refractivity contribution in [2.45, 2.75) is 32.2 Å². The lowest BCUT2D eigenvalue weighted by Crippen LogP contribution is -2.33. The molecule has 0 aromatic carbocycles. The van der Waals surface area contributed by atoms with E-state index in [1.807, 2.05) is 0 Å². The highest BCUT2D eigenvalue weighted by Crippen LogP contribution is 2.41. The van der Waals surface area contributed by atoms with E-state index in [9.17, 15) is 10.1 Å². The predicted octanol–water partition coefficient (Wildman–Crippen LogP) is 1.93. The van der Waals surface area contributed by atoms with Gasteiger partial charge in [-0.05, 0) is 32.6 Å². The molecule has 16 heavy (non-hydrogen) atoms. The van der Waals surface area contributed by atoms with Crippen LogP contribution in [0.5, 0.6) is 0 Å². The van der Waals surface area contributed by atoms with Crippen LogP contribution in [0, 0.1) is 16.0 Å². The molecule has 1 aliphatic rings. The maximum Gasteiger partial charge on any atom is 0.330 e. The number of nitrogens with zero attached hydrogens (tertiary/aromatic N) is 3. The van der Waals surface area contributed by atoms with Crippen LogP contribution in [0.25, 0.3) is 0 Å². The molecule has 88 valence electrons. The van der Waals surface area contributed by atoms with Crippen LogP contribution in [-0.2, 0) is 7.05 Å². The van der Waals surface area contributed by atoms with Crippen LogP contribution in [-0.4, -0.2) is 20.2 Å². The lowest BCUT2D eigenvalue weighted by atomic mass is 9.99. The summed E-state index contributed by atoms with van der Waals surface area (Å²) in [5, 5.41) is 18.1. The second-order valence-corrected chi connectivity index (χ2v) is 4.91. The summed E-state index contributed by atoms with van der Waals surface area (Å²) >= 11 is 0. The van der Waals surface area contributed by atoms with E-state index >= 15 is 0 Å². The van der Waals surface area contributed by atoms with E-state index in [1.54, 1.807) is 7.05 Å². The first-order valence-electron chi connectivity index (χ1n) is 5.36. The number of hydrogen-bond donors (Lipinski definition) is 1. The molecular weight excluding hydrogens is 208 g/mol. The van der Waals surface area contributed by atoms with Crippen molar-refractivity contribution in [3.05, 3.63) is 16.3 Å². The van der Waals surface area contributed by atoms with Crippen molar-refractivity contribution in [1.29, 1.82) is 0 Å². The molecule has 2 rings (SSSR count). The van der Waals surface area contributed by atoms with Crippen molar-refractivity contribution in [2.75, 3.05) is 5.32 Å². The van der Waals surface area contributed by atoms with Gasteiger partial charge in [-0.2, -0.15) is 0 Å². The molecule has 1 fully saturated rings. The fourth-order valence-electron chi connectivity index (χ4n) is 1.91. The molecule has 0 spiro atoms. The lowest BCUT2D eigenvalue weighted by Gasteiger charge is -2.25. The third kappa shape index (κ3) is 2.00. The molecule has 6 nitrogen and oxygen atoms in total. The molecule has 0 atom stereocenters. The standard InChI is InChI=1S/C10H16N4O2/c1-10(2,7-4-5-7)11-9-8(14(15)16)6-13(3)12-9/h6-7H,4-5H2,1-3H3,(H,11,12). The van der Waals surface area contributed by atoms with E-state index < -0.39 is 4.92 Å². The van der Waals surface area contributed by atoms with Gasteiger partial charge < -0.3 is 5.32 Å². The predicted molar refractivity (Wildman–Crippen MR) is 60.3 cm³/mol. The first-order chi connectivity index (χ1) is 7.40. The van der Waals surface area contributed by atoms with Crippen molar-refractivity contribution in [3.8, 4) is 0 Å². The van der Waals surface area contributed by atoms with E-state index in [1.165, 1.54) is 23.7 Å². The molecule has 1 aromatic rings. The number of aromatic nitrogens is 2. The van der Waals surface area contributed by atoms with Crippen molar-refractivity contribution >= 4 is 11.5 Å². The normalized spacial score (nSPS) is 16.2. The van der Waals surface area contributed by atoms with Crippen LogP contribution in [0.3, 0.4) is 0 Å². The van der Waals surface area contributed by atoms with Gasteiger partial charge in [0, 0.05) is 12.6 Å². The highest BCUT2D eigenvalue weighted by Gasteiger charge is 2.39. The molecule has 0 aliphatic heterocycles. The molecule has 1 saturated carbocycles. The summed E-state index contributed by atoms with van der Waals surface area (Å²) in [4.78, 5) is 10.4. The average molecular weight is 224 g/mol. The number of nitro groups is 1. The second-order valence-electron chi connectivity index (χ2n) is 4.91. The number of hydrogen-bond acceptors (Lipinski definition) is 4. The largest absolute Gasteiger partial charge is 0.358 e. The smallest absolute Gasteiger partial charge is 0.330 e. The maximum atomic E-state index is 10.8. The zero-order valence-corrected chi connectivity index (χ0v) is 9.73. The Kier molecular flexibility index (Phi) is 2.36. The van der Waals surface area contributed by atoms with Crippen LogP contribution in [0.1, 0.15) is 26.7 Å². The van der Waals surface area contributed by atoms with Crippen LogP contribution < -0.4 is 5.32 Å². The molecule has 0 amide bonds. The van der Waals surface area contributed by atoms with Crippen LogP contribution >= 0.6 is 0 Å². The number of anilines is 1. The Morgan fingerprint density at radius 1 is 1.62 bits per heavy atom. The van der Waals surface area contributed by atoms with E-state index in [-0.39, 0.29) is 11.2 Å². The minimum absolute atomic E-state index is 0.0382. The summed E-state index contributed by atoms with van der Waals surface area (Å²) in [5.74, 6) is 0.957. The van der Waals surface area contributed by atoms with Crippen LogP contribution in [0.15, 0.2) is 6.20 Å². The van der Waals surface area contributed by atoms with Crippen LogP contribution in [0.4, 0.5) is 11.5 Å². The van der Waals surface area contributed by atoms with E-state index in [2.05, 4.69) is 24.3 Å². The quantitative estimate of drug-likeness (QED) is 0.626. The van der Waals surface area contributed by atoms with Gasteiger partial charge in [-0.25, -0.2) is 0 Å². The minimum Gasteiger partial charge on any atom is -0.358 e. The summed E-state index contributed by atoms with van der Waals surface area (Å²) in [5.41, 5.74) is -0.0877. The fraction of sp³-hybridized carbons (Fsp3) is 0.700. The van der Waals surface area contributed by atoms with E-state index in [0.717, 1.165) is 0 Å². The van der Waals surface area contributed by atoms with E-state index in [4.69, 9.17) is 0 Å². The second kappa shape index (κ2) is 3.47. The van der Waals surface area contributed by atoms with Gasteiger partial charge in [-0.3, -0.25) is 14.8 Å². The topological polar surface area (TPSA) is 73.0 Å². The molecule has 1 aromatic heterocycles. The third-order valence-corrected chi connectivity index (χ3v) is 3.04. The van der Waals surface area contributed by atoms with Crippen molar-refractivity contribution in [2.24, 2.45) is 13.0 Å². The SMILES string of the molecule is Cn1cc([N+](=O)[O-])c(NC(C)(C)C2CC2)n1. The zero-order valence-electron chi connectivity index (χ0n) is 9.73. The molecule has 1 heterocycles. The number of rotatable bonds is 4. The molecule has 0 radical (unpaired) electrons. The van der Waals surface area contributed by atoms with Crippen molar-refractivity contribution in [1.82, 2.24) is 9.78 Å². The first-order valence-corrected chi connectivity index (χ1v) is 5.36. The van der Waals surface area contributed by atoms with Crippen molar-refractivity contribution in [3.63, 3.8) is 0 Å². The highest BCUT2D eigenvalue weighted by atomic mass is 16.6. The Morgan fingerprint density at radius 2 is 2.25 bits per heavy atom. The van der Waals surface area contributed by atoms with Gasteiger partial charge >= 0.3 is 5.69 Å². The summed E-state index contributed by atoms with van der Waals surface area (Å²) < 4.78 is 1.46. The van der Waals surface area contributed by atoms with Gasteiger partial charge in [0.15, 0.2) is 0 Å². The Balaban J connectivity index is 2.23. The van der Waals surface area contributed by atoms with Crippen LogP contribution in [0.2, 0.25) is 0 Å². The minimum atomic E-state index is -0.404. The molecule has 1 aliphatic carbocycles. The Morgan fingerprint density at radius 3 is 2.75 bits per heavy atom. The zero-order chi connectivity index (χ0) is 11.9. The van der Waals surface area contributed by atoms with Gasteiger partial charge in [0.05, 0.1) is 4.92 Å². The van der Waals surface area contributed by atoms with Gasteiger partial charge in [0.2, 0.25) is 5.82 Å².